The number of alkyl halides is 1. The summed E-state index contributed by atoms with van der Waals surface area (Å²) in [4.78, 5) is 9.89. The van der Waals surface area contributed by atoms with E-state index >= 15 is 0 Å². The van der Waals surface area contributed by atoms with Crippen molar-refractivity contribution in [3.63, 3.8) is 0 Å². The van der Waals surface area contributed by atoms with Crippen LogP contribution in [0.5, 0.6) is 0 Å². The minimum atomic E-state index is -1.20. The molecule has 4 heteroatoms. The van der Waals surface area contributed by atoms with Crippen LogP contribution in [0.25, 0.3) is 0 Å². The molecule has 0 aliphatic rings. The average molecular weight is 244 g/mol. The molecule has 0 aliphatic carbocycles. The van der Waals surface area contributed by atoms with Gasteiger partial charge in [0, 0.05) is 3.92 Å². The van der Waals surface area contributed by atoms with E-state index in [1.807, 2.05) is 6.92 Å². The predicted octanol–water partition coefficient (Wildman–Crippen LogP) is 1.89. The predicted molar refractivity (Wildman–Crippen MR) is 42.1 cm³/mol. The van der Waals surface area contributed by atoms with E-state index in [4.69, 9.17) is 5.11 Å². The van der Waals surface area contributed by atoms with Gasteiger partial charge in [0.15, 0.2) is 0 Å². The number of carboxylic acid groups (broad SMARTS) is 1. The maximum absolute atomic E-state index is 9.89. The lowest BCUT2D eigenvalue weighted by Crippen LogP contribution is -2.20. The van der Waals surface area contributed by atoms with Gasteiger partial charge in [-0.05, 0) is 13.8 Å². The van der Waals surface area contributed by atoms with Gasteiger partial charge in [0.25, 0.3) is 0 Å². The molecule has 2 atom stereocenters. The molecular formula is C5H9IO3. The molecule has 0 aromatic rings. The van der Waals surface area contributed by atoms with Gasteiger partial charge in [0.1, 0.15) is 6.10 Å². The molecule has 0 bridgehead atoms. The van der Waals surface area contributed by atoms with Crippen molar-refractivity contribution in [3.05, 3.63) is 0 Å². The largest absolute Gasteiger partial charge is 0.506 e. The summed E-state index contributed by atoms with van der Waals surface area (Å²) >= 11 is 2.11. The van der Waals surface area contributed by atoms with E-state index in [1.165, 1.54) is 0 Å². The zero-order valence-electron chi connectivity index (χ0n) is 5.30. The number of halogens is 1. The Hall–Kier alpha value is 0. The fraction of sp³-hybridized carbons (Fsp3) is 0.800. The Morgan fingerprint density at radius 2 is 2.11 bits per heavy atom. The lowest BCUT2D eigenvalue weighted by atomic mass is 10.3. The summed E-state index contributed by atoms with van der Waals surface area (Å²) < 4.78 is 4.64. The smallest absolute Gasteiger partial charge is 0.450 e. The molecular weight excluding hydrogens is 235 g/mol. The van der Waals surface area contributed by atoms with Gasteiger partial charge in [-0.1, -0.05) is 22.6 Å². The highest BCUT2D eigenvalue weighted by Crippen LogP contribution is 2.07. The Kier molecular flexibility index (Phi) is 3.92. The van der Waals surface area contributed by atoms with E-state index in [-0.39, 0.29) is 10.0 Å². The number of carbonyl (C=O) groups is 1. The third-order valence-corrected chi connectivity index (χ3v) is 1.95. The highest BCUT2D eigenvalue weighted by molar-refractivity contribution is 14.1. The highest BCUT2D eigenvalue weighted by atomic mass is 127. The molecule has 9 heavy (non-hydrogen) atoms. The summed E-state index contributed by atoms with van der Waals surface area (Å²) in [6, 6.07) is 0. The van der Waals surface area contributed by atoms with Gasteiger partial charge < -0.3 is 9.84 Å². The zero-order chi connectivity index (χ0) is 7.44. The highest BCUT2D eigenvalue weighted by Gasteiger charge is 2.11. The molecule has 0 radical (unpaired) electrons. The van der Waals surface area contributed by atoms with Gasteiger partial charge in [0.2, 0.25) is 0 Å². The monoisotopic (exact) mass is 244 g/mol. The molecule has 0 saturated carbocycles. The Balaban J connectivity index is 3.50. The first-order valence-corrected chi connectivity index (χ1v) is 3.82. The summed E-state index contributed by atoms with van der Waals surface area (Å²) in [5.74, 6) is 0. The quantitative estimate of drug-likeness (QED) is 0.458. The fourth-order valence-electron chi connectivity index (χ4n) is 0.253. The molecule has 0 saturated heterocycles. The van der Waals surface area contributed by atoms with Crippen LogP contribution >= 0.6 is 22.6 Å². The normalized spacial score (nSPS) is 16.3. The first-order chi connectivity index (χ1) is 4.04. The van der Waals surface area contributed by atoms with Crippen LogP contribution < -0.4 is 0 Å². The van der Waals surface area contributed by atoms with Crippen LogP contribution in [-0.4, -0.2) is 21.3 Å². The maximum atomic E-state index is 9.89. The van der Waals surface area contributed by atoms with Gasteiger partial charge in [-0.3, -0.25) is 0 Å². The average Bonchev–Trinajstić information content (AvgIpc) is 1.63. The second-order valence-corrected chi connectivity index (χ2v) is 3.73. The van der Waals surface area contributed by atoms with Crippen molar-refractivity contribution in [2.75, 3.05) is 0 Å². The second-order valence-electron chi connectivity index (χ2n) is 1.77. The van der Waals surface area contributed by atoms with E-state index in [1.54, 1.807) is 6.92 Å². The lowest BCUT2D eigenvalue weighted by Gasteiger charge is -2.11. The second kappa shape index (κ2) is 3.92. The van der Waals surface area contributed by atoms with Crippen molar-refractivity contribution in [2.24, 2.45) is 0 Å². The third kappa shape index (κ3) is 4.50. The van der Waals surface area contributed by atoms with Crippen LogP contribution in [0, 0.1) is 0 Å². The SMILES string of the molecule is CC(I)C(C)OC(=O)O. The van der Waals surface area contributed by atoms with Crippen molar-refractivity contribution in [1.82, 2.24) is 0 Å². The minimum Gasteiger partial charge on any atom is -0.450 e. The topological polar surface area (TPSA) is 46.5 Å². The Bertz CT molecular complexity index is 102. The molecule has 3 nitrogen and oxygen atoms in total. The molecule has 0 amide bonds. The molecule has 0 aromatic heterocycles. The number of hydrogen-bond acceptors (Lipinski definition) is 2. The van der Waals surface area contributed by atoms with Crippen LogP contribution in [0.4, 0.5) is 4.79 Å². The molecule has 0 aliphatic heterocycles. The Morgan fingerprint density at radius 1 is 1.67 bits per heavy atom. The summed E-state index contributed by atoms with van der Waals surface area (Å²) in [5, 5.41) is 8.11. The van der Waals surface area contributed by atoms with Gasteiger partial charge in [-0.15, -0.1) is 0 Å². The fourth-order valence-corrected chi connectivity index (χ4v) is 0.400. The molecule has 0 rings (SSSR count). The van der Waals surface area contributed by atoms with Crippen molar-refractivity contribution >= 4 is 28.7 Å². The van der Waals surface area contributed by atoms with Gasteiger partial charge in [-0.25, -0.2) is 4.79 Å². The lowest BCUT2D eigenvalue weighted by molar-refractivity contribution is 0.0612. The molecule has 54 valence electrons. The molecule has 2 unspecified atom stereocenters. The summed E-state index contributed by atoms with van der Waals surface area (Å²) in [5.41, 5.74) is 0. The summed E-state index contributed by atoms with van der Waals surface area (Å²) in [6.45, 7) is 3.62. The van der Waals surface area contributed by atoms with Crippen LogP contribution in [0.1, 0.15) is 13.8 Å². The van der Waals surface area contributed by atoms with Crippen LogP contribution in [0.2, 0.25) is 0 Å². The van der Waals surface area contributed by atoms with Gasteiger partial charge >= 0.3 is 6.16 Å². The van der Waals surface area contributed by atoms with Crippen molar-refractivity contribution < 1.29 is 14.6 Å². The summed E-state index contributed by atoms with van der Waals surface area (Å²) in [7, 11) is 0. The molecule has 0 heterocycles. The van der Waals surface area contributed by atoms with Crippen molar-refractivity contribution in [2.45, 2.75) is 23.9 Å². The van der Waals surface area contributed by atoms with Crippen LogP contribution in [0.15, 0.2) is 0 Å². The van der Waals surface area contributed by atoms with E-state index in [2.05, 4.69) is 27.3 Å². The van der Waals surface area contributed by atoms with Crippen LogP contribution in [0.3, 0.4) is 0 Å². The van der Waals surface area contributed by atoms with E-state index in [0.29, 0.717) is 0 Å². The van der Waals surface area contributed by atoms with Crippen molar-refractivity contribution in [1.29, 1.82) is 0 Å². The van der Waals surface area contributed by atoms with Crippen molar-refractivity contribution in [3.8, 4) is 0 Å². The first-order valence-electron chi connectivity index (χ1n) is 2.57. The zero-order valence-corrected chi connectivity index (χ0v) is 7.45. The molecule has 0 aromatic carbocycles. The third-order valence-electron chi connectivity index (χ3n) is 0.934. The Labute approximate surface area is 67.5 Å². The minimum absolute atomic E-state index is 0.219. The number of hydrogen-bond donors (Lipinski definition) is 1. The Morgan fingerprint density at radius 3 is 2.22 bits per heavy atom. The van der Waals surface area contributed by atoms with Gasteiger partial charge in [-0.2, -0.15) is 0 Å². The van der Waals surface area contributed by atoms with E-state index < -0.39 is 6.16 Å². The van der Waals surface area contributed by atoms with E-state index in [9.17, 15) is 4.79 Å². The van der Waals surface area contributed by atoms with E-state index in [0.717, 1.165) is 0 Å². The maximum Gasteiger partial charge on any atom is 0.506 e. The van der Waals surface area contributed by atoms with Crippen LogP contribution in [-0.2, 0) is 4.74 Å². The van der Waals surface area contributed by atoms with Gasteiger partial charge in [0.05, 0.1) is 0 Å². The first kappa shape index (κ1) is 9.00. The molecule has 0 spiro atoms. The number of ether oxygens (including phenoxy) is 1. The molecule has 1 N–H and O–H groups in total. The molecule has 0 fully saturated rings. The standard InChI is InChI=1S/C5H9IO3/c1-3(6)4(2)9-5(7)8/h3-4H,1-2H3,(H,7,8). The number of rotatable bonds is 2. The summed E-state index contributed by atoms with van der Waals surface area (Å²) in [6.07, 6.45) is -1.42.